The van der Waals surface area contributed by atoms with E-state index in [1.54, 1.807) is 6.07 Å². The molecular formula is C23H23ClN6O. The van der Waals surface area contributed by atoms with Gasteiger partial charge in [0.25, 0.3) is 0 Å². The molecule has 0 radical (unpaired) electrons. The van der Waals surface area contributed by atoms with Gasteiger partial charge in [0.05, 0.1) is 18.2 Å². The van der Waals surface area contributed by atoms with E-state index in [-0.39, 0.29) is 24.9 Å². The standard InChI is InChI=1S/C23H22N6O.ClH/c1-15-3-4-16(9-18(15)11-24)12-26-22-21-10-19(25-2)5-6-20(21)23(28-27-22)29-8-7-17(13-29)14-30;/h3-6,9-10,17,30H,7-8,12-14H2,1H3,(H,26,27);1H. The second-order valence-corrected chi connectivity index (χ2v) is 7.61. The van der Waals surface area contributed by atoms with Gasteiger partial charge in [0.2, 0.25) is 0 Å². The molecular weight excluding hydrogens is 412 g/mol. The Balaban J connectivity index is 0.00000272. The number of aliphatic hydroxyl groups excluding tert-OH is 1. The van der Waals surface area contributed by atoms with Crippen molar-refractivity contribution in [3.8, 4) is 6.07 Å². The van der Waals surface area contributed by atoms with Crippen molar-refractivity contribution in [2.24, 2.45) is 5.92 Å². The largest absolute Gasteiger partial charge is 0.396 e. The highest BCUT2D eigenvalue weighted by atomic mass is 35.5. The summed E-state index contributed by atoms with van der Waals surface area (Å²) in [6.45, 7) is 11.5. The fraction of sp³-hybridized carbons (Fsp3) is 0.304. The Hall–Kier alpha value is -3.39. The zero-order valence-electron chi connectivity index (χ0n) is 17.2. The molecule has 1 atom stereocenters. The normalized spacial score (nSPS) is 15.2. The number of rotatable bonds is 5. The summed E-state index contributed by atoms with van der Waals surface area (Å²) in [6.07, 6.45) is 0.925. The number of anilines is 2. The molecule has 4 rings (SSSR count). The van der Waals surface area contributed by atoms with Crippen LogP contribution in [0.4, 0.5) is 17.3 Å². The van der Waals surface area contributed by atoms with Crippen LogP contribution in [0.3, 0.4) is 0 Å². The molecule has 0 saturated carbocycles. The fourth-order valence-electron chi connectivity index (χ4n) is 3.82. The molecule has 0 aliphatic carbocycles. The molecule has 158 valence electrons. The number of hydrogen-bond donors (Lipinski definition) is 2. The monoisotopic (exact) mass is 434 g/mol. The van der Waals surface area contributed by atoms with E-state index in [2.05, 4.69) is 31.3 Å². The van der Waals surface area contributed by atoms with Crippen LogP contribution in [-0.2, 0) is 6.54 Å². The van der Waals surface area contributed by atoms with Gasteiger partial charge in [-0.15, -0.1) is 22.6 Å². The second-order valence-electron chi connectivity index (χ2n) is 7.61. The lowest BCUT2D eigenvalue weighted by Crippen LogP contribution is -2.22. The second kappa shape index (κ2) is 9.61. The molecule has 3 aromatic rings. The Morgan fingerprint density at radius 2 is 2.10 bits per heavy atom. The molecule has 1 aromatic heterocycles. The first-order chi connectivity index (χ1) is 14.6. The highest BCUT2D eigenvalue weighted by molar-refractivity contribution is 6.00. The SMILES string of the molecule is Cl.[C-]#[N+]c1ccc2c(N3CCC(CO)C3)nnc(NCc3ccc(C)c(C#N)c3)c2c1. The molecule has 1 saturated heterocycles. The van der Waals surface area contributed by atoms with E-state index in [0.29, 0.717) is 23.6 Å². The van der Waals surface area contributed by atoms with Crippen molar-refractivity contribution in [1.29, 1.82) is 5.26 Å². The van der Waals surface area contributed by atoms with Crippen LogP contribution >= 0.6 is 12.4 Å². The van der Waals surface area contributed by atoms with Crippen molar-refractivity contribution in [3.05, 3.63) is 64.5 Å². The topological polar surface area (TPSA) is 89.4 Å². The summed E-state index contributed by atoms with van der Waals surface area (Å²) in [4.78, 5) is 5.71. The van der Waals surface area contributed by atoms with Gasteiger partial charge in [0.1, 0.15) is 0 Å². The van der Waals surface area contributed by atoms with Crippen LogP contribution in [0.5, 0.6) is 0 Å². The molecule has 0 spiro atoms. The van der Waals surface area contributed by atoms with Crippen molar-refractivity contribution >= 4 is 40.5 Å². The molecule has 31 heavy (non-hydrogen) atoms. The lowest BCUT2D eigenvalue weighted by molar-refractivity contribution is 0.238. The maximum atomic E-state index is 9.46. The number of aliphatic hydroxyl groups is 1. The third-order valence-electron chi connectivity index (χ3n) is 5.60. The molecule has 2 heterocycles. The number of nitriles is 1. The van der Waals surface area contributed by atoms with Crippen LogP contribution in [0.1, 0.15) is 23.1 Å². The molecule has 0 bridgehead atoms. The van der Waals surface area contributed by atoms with E-state index < -0.39 is 0 Å². The minimum atomic E-state index is 0. The van der Waals surface area contributed by atoms with E-state index in [1.807, 2.05) is 37.3 Å². The molecule has 1 fully saturated rings. The van der Waals surface area contributed by atoms with E-state index in [1.165, 1.54) is 0 Å². The first-order valence-electron chi connectivity index (χ1n) is 9.90. The smallest absolute Gasteiger partial charge is 0.188 e. The van der Waals surface area contributed by atoms with Crippen molar-refractivity contribution < 1.29 is 5.11 Å². The number of benzene rings is 2. The van der Waals surface area contributed by atoms with Crippen LogP contribution in [0, 0.1) is 30.7 Å². The van der Waals surface area contributed by atoms with Gasteiger partial charge in [-0.2, -0.15) is 5.26 Å². The number of fused-ring (bicyclic) bond motifs is 1. The lowest BCUT2D eigenvalue weighted by Gasteiger charge is -2.20. The number of hydrogen-bond acceptors (Lipinski definition) is 6. The van der Waals surface area contributed by atoms with Gasteiger partial charge in [-0.25, -0.2) is 4.85 Å². The van der Waals surface area contributed by atoms with Crippen molar-refractivity contribution in [2.45, 2.75) is 19.9 Å². The lowest BCUT2D eigenvalue weighted by atomic mass is 10.1. The van der Waals surface area contributed by atoms with Crippen LogP contribution in [0.15, 0.2) is 36.4 Å². The van der Waals surface area contributed by atoms with E-state index in [0.717, 1.165) is 47.2 Å². The summed E-state index contributed by atoms with van der Waals surface area (Å²) in [5.74, 6) is 1.64. The van der Waals surface area contributed by atoms with Crippen molar-refractivity contribution in [3.63, 3.8) is 0 Å². The number of nitrogens with zero attached hydrogens (tertiary/aromatic N) is 5. The van der Waals surface area contributed by atoms with Gasteiger partial charge in [-0.05, 0) is 36.6 Å². The van der Waals surface area contributed by atoms with Crippen LogP contribution in [0.25, 0.3) is 15.6 Å². The Bertz CT molecular complexity index is 1180. The molecule has 2 aromatic carbocycles. The van der Waals surface area contributed by atoms with E-state index >= 15 is 0 Å². The van der Waals surface area contributed by atoms with Gasteiger partial charge in [0.15, 0.2) is 17.3 Å². The fourth-order valence-corrected chi connectivity index (χ4v) is 3.82. The highest BCUT2D eigenvalue weighted by Gasteiger charge is 2.25. The third-order valence-corrected chi connectivity index (χ3v) is 5.60. The van der Waals surface area contributed by atoms with Crippen LogP contribution in [0.2, 0.25) is 0 Å². The van der Waals surface area contributed by atoms with Crippen LogP contribution < -0.4 is 10.2 Å². The Morgan fingerprint density at radius 3 is 2.81 bits per heavy atom. The quantitative estimate of drug-likeness (QED) is 0.584. The summed E-state index contributed by atoms with van der Waals surface area (Å²) >= 11 is 0. The Labute approximate surface area is 187 Å². The minimum absolute atomic E-state index is 0. The average Bonchev–Trinajstić information content (AvgIpc) is 3.27. The molecule has 1 aliphatic heterocycles. The van der Waals surface area contributed by atoms with E-state index in [9.17, 15) is 10.4 Å². The molecule has 2 N–H and O–H groups in total. The van der Waals surface area contributed by atoms with Gasteiger partial charge < -0.3 is 15.3 Å². The van der Waals surface area contributed by atoms with Crippen molar-refractivity contribution in [2.75, 3.05) is 29.9 Å². The maximum Gasteiger partial charge on any atom is 0.188 e. The molecule has 0 amide bonds. The maximum absolute atomic E-state index is 9.46. The highest BCUT2D eigenvalue weighted by Crippen LogP contribution is 2.34. The molecule has 7 nitrogen and oxygen atoms in total. The summed E-state index contributed by atoms with van der Waals surface area (Å²) in [5, 5.41) is 32.7. The Kier molecular flexibility index (Phi) is 6.91. The average molecular weight is 435 g/mol. The van der Waals surface area contributed by atoms with Gasteiger partial charge >= 0.3 is 0 Å². The van der Waals surface area contributed by atoms with Gasteiger partial charge in [-0.1, -0.05) is 24.3 Å². The summed E-state index contributed by atoms with van der Waals surface area (Å²) in [6, 6.07) is 13.5. The zero-order chi connectivity index (χ0) is 21.1. The minimum Gasteiger partial charge on any atom is -0.396 e. The number of aryl methyl sites for hydroxylation is 1. The Morgan fingerprint density at radius 1 is 1.26 bits per heavy atom. The molecule has 8 heteroatoms. The molecule has 1 aliphatic rings. The molecule has 1 unspecified atom stereocenters. The summed E-state index contributed by atoms with van der Waals surface area (Å²) in [7, 11) is 0. The number of aromatic nitrogens is 2. The third kappa shape index (κ3) is 4.54. The van der Waals surface area contributed by atoms with Crippen molar-refractivity contribution in [1.82, 2.24) is 10.2 Å². The zero-order valence-corrected chi connectivity index (χ0v) is 18.0. The van der Waals surface area contributed by atoms with Gasteiger partial charge in [0, 0.05) is 42.9 Å². The predicted octanol–water partition coefficient (Wildman–Crippen LogP) is 4.21. The predicted molar refractivity (Wildman–Crippen MR) is 124 cm³/mol. The number of nitrogens with one attached hydrogen (secondary N) is 1. The number of halogens is 1. The first kappa shape index (κ1) is 22.3. The summed E-state index contributed by atoms with van der Waals surface area (Å²) in [5.41, 5.74) is 3.12. The van der Waals surface area contributed by atoms with Crippen LogP contribution in [-0.4, -0.2) is 35.0 Å². The van der Waals surface area contributed by atoms with Gasteiger partial charge in [-0.3, -0.25) is 0 Å². The van der Waals surface area contributed by atoms with E-state index in [4.69, 9.17) is 6.57 Å². The summed E-state index contributed by atoms with van der Waals surface area (Å²) < 4.78 is 0. The first-order valence-corrected chi connectivity index (χ1v) is 9.90.